The van der Waals surface area contributed by atoms with E-state index in [-0.39, 0.29) is 30.5 Å². The maximum atomic E-state index is 12.0. The lowest BCUT2D eigenvalue weighted by Crippen LogP contribution is -2.32. The van der Waals surface area contributed by atoms with E-state index in [2.05, 4.69) is 5.32 Å². The van der Waals surface area contributed by atoms with Crippen LogP contribution in [0.1, 0.15) is 5.56 Å². The van der Waals surface area contributed by atoms with Gasteiger partial charge in [-0.05, 0) is 12.1 Å². The summed E-state index contributed by atoms with van der Waals surface area (Å²) in [6.07, 6.45) is -1.60. The molecule has 1 aliphatic heterocycles. The van der Waals surface area contributed by atoms with Crippen LogP contribution in [0, 0.1) is 0 Å². The number of amides is 1. The molecule has 1 aromatic carbocycles. The van der Waals surface area contributed by atoms with E-state index in [4.69, 9.17) is 18.0 Å². The van der Waals surface area contributed by atoms with Crippen molar-refractivity contribution in [2.45, 2.75) is 12.2 Å². The van der Waals surface area contributed by atoms with Crippen LogP contribution in [-0.4, -0.2) is 57.9 Å². The zero-order chi connectivity index (χ0) is 14.7. The summed E-state index contributed by atoms with van der Waals surface area (Å²) in [5.74, 6) is -0.241. The Kier molecular flexibility index (Phi) is 4.66. The van der Waals surface area contributed by atoms with Gasteiger partial charge in [-0.1, -0.05) is 24.4 Å². The topological polar surface area (TPSA) is 98.8 Å². The number of rotatable bonds is 4. The molecule has 1 aromatic rings. The first-order valence-electron chi connectivity index (χ1n) is 6.24. The zero-order valence-corrected chi connectivity index (χ0v) is 11.6. The molecule has 5 N–H and O–H groups in total. The standard InChI is InChI=1S/C13H17N3O3S/c14-13(20)8-3-1-2-4-9(8)15-12(19)7-16-5-10(17)11(18)6-16/h1-4,10-11,17-18H,5-7H2,(H2,14,20)(H,15,19). The van der Waals surface area contributed by atoms with Gasteiger partial charge in [0, 0.05) is 18.7 Å². The number of likely N-dealkylation sites (tertiary alicyclic amines) is 1. The van der Waals surface area contributed by atoms with E-state index < -0.39 is 12.2 Å². The van der Waals surface area contributed by atoms with E-state index in [1.165, 1.54) is 0 Å². The highest BCUT2D eigenvalue weighted by atomic mass is 32.1. The minimum atomic E-state index is -0.799. The lowest BCUT2D eigenvalue weighted by molar-refractivity contribution is -0.117. The lowest BCUT2D eigenvalue weighted by Gasteiger charge is -2.15. The number of nitrogens with one attached hydrogen (secondary N) is 1. The predicted molar refractivity (Wildman–Crippen MR) is 79.4 cm³/mol. The summed E-state index contributed by atoms with van der Waals surface area (Å²) in [5.41, 5.74) is 6.76. The van der Waals surface area contributed by atoms with Crippen molar-refractivity contribution < 1.29 is 15.0 Å². The molecule has 2 rings (SSSR count). The third-order valence-electron chi connectivity index (χ3n) is 3.17. The number of thiocarbonyl (C=S) groups is 1. The van der Waals surface area contributed by atoms with E-state index in [0.717, 1.165) is 0 Å². The van der Waals surface area contributed by atoms with Gasteiger partial charge < -0.3 is 21.3 Å². The van der Waals surface area contributed by atoms with Gasteiger partial charge in [0.05, 0.1) is 24.4 Å². The van der Waals surface area contributed by atoms with Crippen LogP contribution in [0.4, 0.5) is 5.69 Å². The molecule has 0 radical (unpaired) electrons. The molecule has 0 saturated carbocycles. The zero-order valence-electron chi connectivity index (χ0n) is 10.8. The van der Waals surface area contributed by atoms with E-state index in [1.54, 1.807) is 29.2 Å². The second-order valence-electron chi connectivity index (χ2n) is 4.79. The molecule has 0 bridgehead atoms. The van der Waals surface area contributed by atoms with Gasteiger partial charge in [-0.25, -0.2) is 0 Å². The first-order valence-corrected chi connectivity index (χ1v) is 6.65. The Balaban J connectivity index is 1.97. The highest BCUT2D eigenvalue weighted by Gasteiger charge is 2.30. The van der Waals surface area contributed by atoms with Gasteiger partial charge >= 0.3 is 0 Å². The Hall–Kier alpha value is -1.54. The third kappa shape index (κ3) is 3.51. The molecule has 6 nitrogen and oxygen atoms in total. The minimum Gasteiger partial charge on any atom is -0.389 e. The molecule has 108 valence electrons. The second-order valence-corrected chi connectivity index (χ2v) is 5.23. The van der Waals surface area contributed by atoms with Crippen molar-refractivity contribution in [1.29, 1.82) is 0 Å². The van der Waals surface area contributed by atoms with Gasteiger partial charge in [-0.2, -0.15) is 0 Å². The Morgan fingerprint density at radius 1 is 1.35 bits per heavy atom. The van der Waals surface area contributed by atoms with Crippen molar-refractivity contribution in [1.82, 2.24) is 4.90 Å². The number of anilines is 1. The molecular weight excluding hydrogens is 278 g/mol. The largest absolute Gasteiger partial charge is 0.389 e. The molecule has 20 heavy (non-hydrogen) atoms. The van der Waals surface area contributed by atoms with Gasteiger partial charge in [-0.15, -0.1) is 0 Å². The Morgan fingerprint density at radius 2 is 1.95 bits per heavy atom. The normalized spacial score (nSPS) is 22.7. The van der Waals surface area contributed by atoms with Crippen molar-refractivity contribution in [2.24, 2.45) is 5.73 Å². The van der Waals surface area contributed by atoms with Crippen LogP contribution < -0.4 is 11.1 Å². The summed E-state index contributed by atoms with van der Waals surface area (Å²) in [4.78, 5) is 13.9. The van der Waals surface area contributed by atoms with Crippen molar-refractivity contribution in [2.75, 3.05) is 25.0 Å². The number of nitrogens with zero attached hydrogens (tertiary/aromatic N) is 1. The number of para-hydroxylation sites is 1. The van der Waals surface area contributed by atoms with Gasteiger partial charge in [-0.3, -0.25) is 9.69 Å². The smallest absolute Gasteiger partial charge is 0.238 e. The van der Waals surface area contributed by atoms with E-state index >= 15 is 0 Å². The van der Waals surface area contributed by atoms with Gasteiger partial charge in [0.25, 0.3) is 0 Å². The monoisotopic (exact) mass is 295 g/mol. The number of aliphatic hydroxyl groups excluding tert-OH is 2. The van der Waals surface area contributed by atoms with Crippen molar-refractivity contribution >= 4 is 28.8 Å². The number of hydrogen-bond donors (Lipinski definition) is 4. The van der Waals surface area contributed by atoms with Gasteiger partial charge in [0.1, 0.15) is 4.99 Å². The molecule has 0 aromatic heterocycles. The number of β-amino-alcohol motifs (C(OH)–C–C–N with tert-alkyl or cyclic N) is 2. The van der Waals surface area contributed by atoms with Crippen LogP contribution in [-0.2, 0) is 4.79 Å². The number of benzene rings is 1. The molecule has 1 amide bonds. The van der Waals surface area contributed by atoms with Crippen LogP contribution >= 0.6 is 12.2 Å². The van der Waals surface area contributed by atoms with Gasteiger partial charge in [0.15, 0.2) is 0 Å². The molecular formula is C13H17N3O3S. The molecule has 7 heteroatoms. The molecule has 1 heterocycles. The molecule has 0 aliphatic carbocycles. The molecule has 2 atom stereocenters. The Morgan fingerprint density at radius 3 is 2.55 bits per heavy atom. The summed E-state index contributed by atoms with van der Waals surface area (Å²) in [7, 11) is 0. The van der Waals surface area contributed by atoms with Crippen LogP contribution in [0.3, 0.4) is 0 Å². The second kappa shape index (κ2) is 6.27. The SMILES string of the molecule is NC(=S)c1ccccc1NC(=O)CN1CC(O)C(O)C1. The minimum absolute atomic E-state index is 0.0970. The van der Waals surface area contributed by atoms with Crippen molar-refractivity contribution in [3.05, 3.63) is 29.8 Å². The Bertz CT molecular complexity index is 513. The summed E-state index contributed by atoms with van der Waals surface area (Å²) in [6.45, 7) is 0.664. The van der Waals surface area contributed by atoms with Crippen LogP contribution in [0.15, 0.2) is 24.3 Å². The summed E-state index contributed by atoms with van der Waals surface area (Å²) < 4.78 is 0. The molecule has 2 unspecified atom stereocenters. The summed E-state index contributed by atoms with van der Waals surface area (Å²) in [5, 5.41) is 21.6. The fraction of sp³-hybridized carbons (Fsp3) is 0.385. The number of carbonyl (C=O) groups excluding carboxylic acids is 1. The third-order valence-corrected chi connectivity index (χ3v) is 3.39. The number of hydrogen-bond acceptors (Lipinski definition) is 5. The maximum Gasteiger partial charge on any atom is 0.238 e. The molecule has 1 aliphatic rings. The average Bonchev–Trinajstić information content (AvgIpc) is 2.68. The Labute approximate surface area is 122 Å². The summed E-state index contributed by atoms with van der Waals surface area (Å²) in [6, 6.07) is 7.03. The average molecular weight is 295 g/mol. The summed E-state index contributed by atoms with van der Waals surface area (Å²) >= 11 is 4.93. The first kappa shape index (κ1) is 14.9. The quantitative estimate of drug-likeness (QED) is 0.548. The number of carbonyl (C=O) groups is 1. The lowest BCUT2D eigenvalue weighted by atomic mass is 10.2. The van der Waals surface area contributed by atoms with Crippen LogP contribution in [0.2, 0.25) is 0 Å². The van der Waals surface area contributed by atoms with Crippen LogP contribution in [0.25, 0.3) is 0 Å². The number of nitrogens with two attached hydrogens (primary N) is 1. The van der Waals surface area contributed by atoms with E-state index in [9.17, 15) is 15.0 Å². The molecule has 1 saturated heterocycles. The highest BCUT2D eigenvalue weighted by molar-refractivity contribution is 7.80. The molecule has 1 fully saturated rings. The highest BCUT2D eigenvalue weighted by Crippen LogP contribution is 2.15. The fourth-order valence-corrected chi connectivity index (χ4v) is 2.35. The predicted octanol–water partition coefficient (Wildman–Crippen LogP) is -0.703. The van der Waals surface area contributed by atoms with Crippen molar-refractivity contribution in [3.63, 3.8) is 0 Å². The van der Waals surface area contributed by atoms with E-state index in [0.29, 0.717) is 11.3 Å². The van der Waals surface area contributed by atoms with Crippen molar-refractivity contribution in [3.8, 4) is 0 Å². The van der Waals surface area contributed by atoms with E-state index in [1.807, 2.05) is 0 Å². The van der Waals surface area contributed by atoms with Crippen LogP contribution in [0.5, 0.6) is 0 Å². The number of aliphatic hydroxyl groups is 2. The maximum absolute atomic E-state index is 12.0. The fourth-order valence-electron chi connectivity index (χ4n) is 2.18. The first-order chi connectivity index (χ1) is 9.47. The molecule has 0 spiro atoms. The van der Waals surface area contributed by atoms with Gasteiger partial charge in [0.2, 0.25) is 5.91 Å².